The molecule has 0 saturated carbocycles. The number of hydrogen-bond donors (Lipinski definition) is 1. The molecule has 2 aromatic carbocycles. The van der Waals surface area contributed by atoms with E-state index in [0.717, 1.165) is 18.6 Å². The van der Waals surface area contributed by atoms with Gasteiger partial charge >= 0.3 is 0 Å². The third-order valence-electron chi connectivity index (χ3n) is 3.48. The second kappa shape index (κ2) is 6.42. The number of ether oxygens (including phenoxy) is 1. The topological polar surface area (TPSA) is 38.3 Å². The van der Waals surface area contributed by atoms with E-state index in [1.165, 1.54) is 21.9 Å². The van der Waals surface area contributed by atoms with Crippen molar-refractivity contribution in [2.24, 2.45) is 0 Å². The summed E-state index contributed by atoms with van der Waals surface area (Å²) in [6.45, 7) is 4.36. The fourth-order valence-electron chi connectivity index (χ4n) is 2.39. The van der Waals surface area contributed by atoms with Crippen molar-refractivity contribution >= 4 is 16.7 Å². The number of aryl methyl sites for hydroxylation is 1. The first-order valence-electron chi connectivity index (χ1n) is 6.98. The molecule has 0 unspecified atom stereocenters. The SMILES string of the molecule is CCc1cc(CCNC(C)=O)c2cc(OC)ccc2c1. The maximum absolute atomic E-state index is 11.0. The Morgan fingerprint density at radius 3 is 2.70 bits per heavy atom. The molecule has 0 aliphatic rings. The quantitative estimate of drug-likeness (QED) is 0.907. The number of amides is 1. The largest absolute Gasteiger partial charge is 0.497 e. The number of carbonyl (C=O) groups is 1. The number of fused-ring (bicyclic) bond motifs is 1. The zero-order chi connectivity index (χ0) is 14.5. The van der Waals surface area contributed by atoms with Gasteiger partial charge in [-0.25, -0.2) is 0 Å². The lowest BCUT2D eigenvalue weighted by Gasteiger charge is -2.11. The molecule has 2 aromatic rings. The molecule has 0 radical (unpaired) electrons. The maximum Gasteiger partial charge on any atom is 0.216 e. The summed E-state index contributed by atoms with van der Waals surface area (Å²) in [6.07, 6.45) is 1.84. The van der Waals surface area contributed by atoms with Gasteiger partial charge in [-0.3, -0.25) is 4.79 Å². The average Bonchev–Trinajstić information content (AvgIpc) is 2.46. The van der Waals surface area contributed by atoms with Crippen LogP contribution < -0.4 is 10.1 Å². The number of benzene rings is 2. The average molecular weight is 271 g/mol. The molecular weight excluding hydrogens is 250 g/mol. The van der Waals surface area contributed by atoms with Crippen LogP contribution in [0.5, 0.6) is 5.75 Å². The number of rotatable bonds is 5. The van der Waals surface area contributed by atoms with E-state index in [0.29, 0.717) is 6.54 Å². The van der Waals surface area contributed by atoms with Gasteiger partial charge in [-0.1, -0.05) is 25.1 Å². The molecule has 0 saturated heterocycles. The van der Waals surface area contributed by atoms with Gasteiger partial charge in [0.15, 0.2) is 0 Å². The molecule has 1 amide bonds. The van der Waals surface area contributed by atoms with Gasteiger partial charge in [-0.15, -0.1) is 0 Å². The molecule has 106 valence electrons. The van der Waals surface area contributed by atoms with E-state index in [1.807, 2.05) is 6.07 Å². The first kappa shape index (κ1) is 14.4. The minimum Gasteiger partial charge on any atom is -0.497 e. The summed E-state index contributed by atoms with van der Waals surface area (Å²) < 4.78 is 5.31. The number of nitrogens with one attached hydrogen (secondary N) is 1. The van der Waals surface area contributed by atoms with E-state index in [-0.39, 0.29) is 5.91 Å². The van der Waals surface area contributed by atoms with Crippen molar-refractivity contribution < 1.29 is 9.53 Å². The van der Waals surface area contributed by atoms with Gasteiger partial charge in [0, 0.05) is 13.5 Å². The van der Waals surface area contributed by atoms with Gasteiger partial charge in [0.1, 0.15) is 5.75 Å². The molecule has 0 atom stereocenters. The van der Waals surface area contributed by atoms with Crippen LogP contribution in [0.15, 0.2) is 30.3 Å². The van der Waals surface area contributed by atoms with Crippen molar-refractivity contribution in [1.29, 1.82) is 0 Å². The van der Waals surface area contributed by atoms with Gasteiger partial charge in [0.2, 0.25) is 5.91 Å². The fraction of sp³-hybridized carbons (Fsp3) is 0.353. The van der Waals surface area contributed by atoms with Crippen molar-refractivity contribution in [2.45, 2.75) is 26.7 Å². The molecule has 2 rings (SSSR count). The lowest BCUT2D eigenvalue weighted by atomic mass is 9.97. The Balaban J connectivity index is 2.39. The number of carbonyl (C=O) groups excluding carboxylic acids is 1. The van der Waals surface area contributed by atoms with Crippen molar-refractivity contribution in [3.8, 4) is 5.75 Å². The van der Waals surface area contributed by atoms with E-state index >= 15 is 0 Å². The van der Waals surface area contributed by atoms with E-state index in [1.54, 1.807) is 14.0 Å². The molecular formula is C17H21NO2. The summed E-state index contributed by atoms with van der Waals surface area (Å²) >= 11 is 0. The molecule has 0 aliphatic heterocycles. The molecule has 3 nitrogen and oxygen atoms in total. The van der Waals surface area contributed by atoms with Crippen LogP contribution in [0.3, 0.4) is 0 Å². The monoisotopic (exact) mass is 271 g/mol. The minimum atomic E-state index is 0.0125. The van der Waals surface area contributed by atoms with Gasteiger partial charge < -0.3 is 10.1 Å². The van der Waals surface area contributed by atoms with Crippen molar-refractivity contribution in [3.05, 3.63) is 41.5 Å². The van der Waals surface area contributed by atoms with Gasteiger partial charge in [-0.05, 0) is 46.9 Å². The number of hydrogen-bond acceptors (Lipinski definition) is 2. The molecule has 0 heterocycles. The molecule has 1 N–H and O–H groups in total. The third kappa shape index (κ3) is 3.29. The highest BCUT2D eigenvalue weighted by atomic mass is 16.5. The summed E-state index contributed by atoms with van der Waals surface area (Å²) in [4.78, 5) is 11.0. The molecule has 0 spiro atoms. The normalized spacial score (nSPS) is 10.6. The van der Waals surface area contributed by atoms with E-state index < -0.39 is 0 Å². The summed E-state index contributed by atoms with van der Waals surface area (Å²) in [6, 6.07) is 10.6. The highest BCUT2D eigenvalue weighted by molar-refractivity contribution is 5.88. The first-order chi connectivity index (χ1) is 9.63. The predicted molar refractivity (Wildman–Crippen MR) is 82.3 cm³/mol. The van der Waals surface area contributed by atoms with Crippen LogP contribution in [-0.4, -0.2) is 19.6 Å². The van der Waals surface area contributed by atoms with E-state index in [2.05, 4.69) is 36.5 Å². The van der Waals surface area contributed by atoms with Crippen LogP contribution in [0.25, 0.3) is 10.8 Å². The van der Waals surface area contributed by atoms with Crippen LogP contribution in [0.2, 0.25) is 0 Å². The van der Waals surface area contributed by atoms with Crippen LogP contribution in [0.4, 0.5) is 0 Å². The summed E-state index contributed by atoms with van der Waals surface area (Å²) in [5.41, 5.74) is 2.58. The standard InChI is InChI=1S/C17H21NO2/c1-4-13-9-14-5-6-16(20-3)11-17(14)15(10-13)7-8-18-12(2)19/h5-6,9-11H,4,7-8H2,1-3H3,(H,18,19). The van der Waals surface area contributed by atoms with Crippen molar-refractivity contribution in [1.82, 2.24) is 5.32 Å². The first-order valence-corrected chi connectivity index (χ1v) is 6.98. The van der Waals surface area contributed by atoms with E-state index in [9.17, 15) is 4.79 Å². The van der Waals surface area contributed by atoms with Crippen LogP contribution in [-0.2, 0) is 17.6 Å². The van der Waals surface area contributed by atoms with Crippen LogP contribution in [0.1, 0.15) is 25.0 Å². The molecule has 0 bridgehead atoms. The Morgan fingerprint density at radius 1 is 1.25 bits per heavy atom. The Morgan fingerprint density at radius 2 is 2.05 bits per heavy atom. The van der Waals surface area contributed by atoms with Crippen LogP contribution in [0, 0.1) is 0 Å². The number of methoxy groups -OCH3 is 1. The second-order valence-electron chi connectivity index (χ2n) is 4.93. The van der Waals surface area contributed by atoms with E-state index in [4.69, 9.17) is 4.74 Å². The van der Waals surface area contributed by atoms with Gasteiger partial charge in [0.25, 0.3) is 0 Å². The predicted octanol–water partition coefficient (Wildman–Crippen LogP) is 3.09. The summed E-state index contributed by atoms with van der Waals surface area (Å²) in [5, 5.41) is 5.28. The third-order valence-corrected chi connectivity index (χ3v) is 3.48. The van der Waals surface area contributed by atoms with Gasteiger partial charge in [-0.2, -0.15) is 0 Å². The molecule has 3 heteroatoms. The Bertz CT molecular complexity index is 620. The molecule has 0 aromatic heterocycles. The van der Waals surface area contributed by atoms with Crippen molar-refractivity contribution in [3.63, 3.8) is 0 Å². The maximum atomic E-state index is 11.0. The summed E-state index contributed by atoms with van der Waals surface area (Å²) in [5.74, 6) is 0.876. The molecule has 20 heavy (non-hydrogen) atoms. The summed E-state index contributed by atoms with van der Waals surface area (Å²) in [7, 11) is 1.68. The second-order valence-corrected chi connectivity index (χ2v) is 4.93. The molecule has 0 aliphatic carbocycles. The zero-order valence-corrected chi connectivity index (χ0v) is 12.3. The fourth-order valence-corrected chi connectivity index (χ4v) is 2.39. The smallest absolute Gasteiger partial charge is 0.216 e. The van der Waals surface area contributed by atoms with Gasteiger partial charge in [0.05, 0.1) is 7.11 Å². The Kier molecular flexibility index (Phi) is 4.61. The van der Waals surface area contributed by atoms with Crippen LogP contribution >= 0.6 is 0 Å². The molecule has 0 fully saturated rings. The Hall–Kier alpha value is -2.03. The Labute approximate surface area is 119 Å². The highest BCUT2D eigenvalue weighted by Gasteiger charge is 2.06. The minimum absolute atomic E-state index is 0.0125. The highest BCUT2D eigenvalue weighted by Crippen LogP contribution is 2.26. The van der Waals surface area contributed by atoms with Crippen molar-refractivity contribution in [2.75, 3.05) is 13.7 Å². The lowest BCUT2D eigenvalue weighted by molar-refractivity contribution is -0.118. The zero-order valence-electron chi connectivity index (χ0n) is 12.3. The lowest BCUT2D eigenvalue weighted by Crippen LogP contribution is -2.22.